The summed E-state index contributed by atoms with van der Waals surface area (Å²) in [6, 6.07) is 7.98. The van der Waals surface area contributed by atoms with Crippen LogP contribution in [0.5, 0.6) is 5.75 Å². The predicted octanol–water partition coefficient (Wildman–Crippen LogP) is 2.50. The Labute approximate surface area is 221 Å². The molecule has 0 aliphatic carbocycles. The monoisotopic (exact) mass is 521 g/mol. The molecule has 0 unspecified atom stereocenters. The van der Waals surface area contributed by atoms with Crippen molar-refractivity contribution in [2.24, 2.45) is 5.92 Å². The summed E-state index contributed by atoms with van der Waals surface area (Å²) >= 11 is 0. The third kappa shape index (κ3) is 4.80. The van der Waals surface area contributed by atoms with Crippen LogP contribution < -0.4 is 10.3 Å². The molecule has 0 N–H and O–H groups in total. The van der Waals surface area contributed by atoms with Gasteiger partial charge in [-0.25, -0.2) is 0 Å². The Kier molecular flexibility index (Phi) is 7.51. The molecule has 1 amide bonds. The fourth-order valence-corrected chi connectivity index (χ4v) is 5.67. The van der Waals surface area contributed by atoms with Crippen LogP contribution in [0.3, 0.4) is 0 Å². The number of esters is 1. The molecule has 2 aliphatic rings. The van der Waals surface area contributed by atoms with E-state index in [-0.39, 0.29) is 23.4 Å². The average molecular weight is 522 g/mol. The van der Waals surface area contributed by atoms with Crippen molar-refractivity contribution in [1.82, 2.24) is 24.0 Å². The van der Waals surface area contributed by atoms with Gasteiger partial charge in [-0.3, -0.25) is 19.3 Å². The number of hydrogen-bond donors (Lipinski definition) is 0. The molecule has 1 saturated heterocycles. The van der Waals surface area contributed by atoms with E-state index in [9.17, 15) is 14.4 Å². The second-order valence-electron chi connectivity index (χ2n) is 9.90. The van der Waals surface area contributed by atoms with Gasteiger partial charge in [-0.05, 0) is 44.4 Å². The molecule has 202 valence electrons. The van der Waals surface area contributed by atoms with Crippen LogP contribution >= 0.6 is 0 Å². The Morgan fingerprint density at radius 2 is 1.82 bits per heavy atom. The average Bonchev–Trinajstić information content (AvgIpc) is 3.39. The molecule has 10 nitrogen and oxygen atoms in total. The Morgan fingerprint density at radius 3 is 2.47 bits per heavy atom. The fraction of sp³-hybridized carbons (Fsp3) is 0.500. The van der Waals surface area contributed by atoms with E-state index in [1.54, 1.807) is 18.9 Å². The van der Waals surface area contributed by atoms with Crippen molar-refractivity contribution < 1.29 is 19.1 Å². The zero-order chi connectivity index (χ0) is 26.8. The van der Waals surface area contributed by atoms with Crippen LogP contribution in [0.4, 0.5) is 0 Å². The Bertz CT molecular complexity index is 1390. The van der Waals surface area contributed by atoms with E-state index >= 15 is 0 Å². The number of rotatable bonds is 7. The molecular formula is C28H35N5O5. The molecule has 3 aromatic rings. The first-order valence-corrected chi connectivity index (χ1v) is 13.4. The highest BCUT2D eigenvalue weighted by Gasteiger charge is 2.32. The van der Waals surface area contributed by atoms with Crippen molar-refractivity contribution in [3.05, 3.63) is 63.2 Å². The molecule has 0 radical (unpaired) electrons. The molecule has 4 heterocycles. The van der Waals surface area contributed by atoms with Crippen LogP contribution in [0.15, 0.2) is 35.3 Å². The number of amides is 1. The van der Waals surface area contributed by atoms with Crippen molar-refractivity contribution in [2.75, 3.05) is 33.4 Å². The summed E-state index contributed by atoms with van der Waals surface area (Å²) in [7, 11) is 1.65. The Morgan fingerprint density at radius 1 is 1.08 bits per heavy atom. The van der Waals surface area contributed by atoms with Crippen LogP contribution in [0.25, 0.3) is 5.65 Å². The smallest absolute Gasteiger partial charge is 0.309 e. The number of likely N-dealkylation sites (tertiary alicyclic amines) is 1. The summed E-state index contributed by atoms with van der Waals surface area (Å²) in [6.45, 7) is 7.83. The van der Waals surface area contributed by atoms with Gasteiger partial charge in [0.05, 0.1) is 31.4 Å². The number of carbonyl (C=O) groups is 2. The SMILES string of the molecule is CCOC(=O)C1CCN(C(=O)c2cnn3c(=O)c4c(n(CC)c23)CCN(Cc2ccc(OC)cc2)C4)CC1. The zero-order valence-electron chi connectivity index (χ0n) is 22.3. The molecule has 0 bridgehead atoms. The third-order valence-corrected chi connectivity index (χ3v) is 7.68. The minimum atomic E-state index is -0.192. The Hall–Kier alpha value is -3.66. The highest BCUT2D eigenvalue weighted by molar-refractivity contribution is 6.00. The number of aryl methyl sites for hydroxylation is 1. The first-order valence-electron chi connectivity index (χ1n) is 13.4. The maximum Gasteiger partial charge on any atom is 0.309 e. The minimum absolute atomic E-state index is 0.152. The number of ether oxygens (including phenoxy) is 2. The van der Waals surface area contributed by atoms with Gasteiger partial charge in [0.1, 0.15) is 11.3 Å². The van der Waals surface area contributed by atoms with Gasteiger partial charge in [-0.2, -0.15) is 9.61 Å². The molecule has 1 fully saturated rings. The van der Waals surface area contributed by atoms with Gasteiger partial charge in [0.15, 0.2) is 5.65 Å². The quantitative estimate of drug-likeness (QED) is 0.441. The van der Waals surface area contributed by atoms with E-state index in [4.69, 9.17) is 9.47 Å². The maximum atomic E-state index is 13.6. The second kappa shape index (κ2) is 11.0. The molecule has 1 aromatic carbocycles. The summed E-state index contributed by atoms with van der Waals surface area (Å²) in [5.74, 6) is 0.298. The molecule has 0 saturated carbocycles. The minimum Gasteiger partial charge on any atom is -0.497 e. The van der Waals surface area contributed by atoms with Gasteiger partial charge in [-0.1, -0.05) is 12.1 Å². The van der Waals surface area contributed by atoms with Crippen LogP contribution in [0, 0.1) is 5.92 Å². The molecular weight excluding hydrogens is 486 g/mol. The number of aromatic nitrogens is 3. The van der Waals surface area contributed by atoms with Gasteiger partial charge in [0.2, 0.25) is 0 Å². The highest BCUT2D eigenvalue weighted by atomic mass is 16.5. The lowest BCUT2D eigenvalue weighted by Gasteiger charge is -2.32. The van der Waals surface area contributed by atoms with Gasteiger partial charge in [-0.15, -0.1) is 0 Å². The molecule has 5 rings (SSSR count). The van der Waals surface area contributed by atoms with Gasteiger partial charge >= 0.3 is 5.97 Å². The molecule has 2 aromatic heterocycles. The van der Waals surface area contributed by atoms with E-state index in [2.05, 4.69) is 14.6 Å². The summed E-state index contributed by atoms with van der Waals surface area (Å²) in [6.07, 6.45) is 3.38. The number of nitrogens with zero attached hydrogens (tertiary/aromatic N) is 5. The largest absolute Gasteiger partial charge is 0.497 e. The Balaban J connectivity index is 1.39. The zero-order valence-corrected chi connectivity index (χ0v) is 22.3. The molecule has 0 spiro atoms. The van der Waals surface area contributed by atoms with E-state index in [1.165, 1.54) is 10.7 Å². The van der Waals surface area contributed by atoms with Crippen molar-refractivity contribution in [2.45, 2.75) is 52.7 Å². The first kappa shape index (κ1) is 26.0. The van der Waals surface area contributed by atoms with Crippen LogP contribution in [0.1, 0.15) is 53.9 Å². The molecule has 38 heavy (non-hydrogen) atoms. The summed E-state index contributed by atoms with van der Waals surface area (Å²) in [5, 5.41) is 4.38. The van der Waals surface area contributed by atoms with E-state index in [1.807, 2.05) is 31.2 Å². The van der Waals surface area contributed by atoms with Gasteiger partial charge in [0, 0.05) is 51.4 Å². The van der Waals surface area contributed by atoms with Crippen LogP contribution in [-0.2, 0) is 35.6 Å². The van der Waals surface area contributed by atoms with Gasteiger partial charge in [0.25, 0.3) is 11.5 Å². The van der Waals surface area contributed by atoms with Crippen molar-refractivity contribution in [1.29, 1.82) is 0 Å². The second-order valence-corrected chi connectivity index (χ2v) is 9.90. The van der Waals surface area contributed by atoms with Crippen LogP contribution in [-0.4, -0.2) is 69.2 Å². The number of benzene rings is 1. The van der Waals surface area contributed by atoms with Crippen LogP contribution in [0.2, 0.25) is 0 Å². The highest BCUT2D eigenvalue weighted by Crippen LogP contribution is 2.25. The lowest BCUT2D eigenvalue weighted by atomic mass is 9.96. The fourth-order valence-electron chi connectivity index (χ4n) is 5.67. The van der Waals surface area contributed by atoms with E-state index in [0.29, 0.717) is 56.8 Å². The van der Waals surface area contributed by atoms with E-state index in [0.717, 1.165) is 42.1 Å². The number of fused-ring (bicyclic) bond motifs is 2. The summed E-state index contributed by atoms with van der Waals surface area (Å²) in [5.41, 5.74) is 3.69. The van der Waals surface area contributed by atoms with Crippen molar-refractivity contribution >= 4 is 17.5 Å². The lowest BCUT2D eigenvalue weighted by Crippen LogP contribution is -2.41. The predicted molar refractivity (Wildman–Crippen MR) is 141 cm³/mol. The lowest BCUT2D eigenvalue weighted by molar-refractivity contribution is -0.149. The first-order chi connectivity index (χ1) is 18.4. The standard InChI is InChI=1S/C28H35N5O5/c1-4-32-24-12-13-30(17-19-6-8-21(37-3)9-7-19)18-23(24)27(35)33-25(32)22(16-29-33)26(34)31-14-10-20(11-15-31)28(36)38-5-2/h6-9,16,20H,4-5,10-15,17-18H2,1-3H3. The maximum absolute atomic E-state index is 13.6. The third-order valence-electron chi connectivity index (χ3n) is 7.68. The molecule has 2 aliphatic heterocycles. The summed E-state index contributed by atoms with van der Waals surface area (Å²) in [4.78, 5) is 43.3. The van der Waals surface area contributed by atoms with E-state index < -0.39 is 0 Å². The number of carbonyl (C=O) groups excluding carboxylic acids is 2. The normalized spacial score (nSPS) is 16.4. The molecule has 10 heteroatoms. The number of piperidine rings is 1. The molecule has 0 atom stereocenters. The topological polar surface area (TPSA) is 98.4 Å². The summed E-state index contributed by atoms with van der Waals surface area (Å²) < 4.78 is 13.9. The number of methoxy groups -OCH3 is 1. The van der Waals surface area contributed by atoms with Crippen molar-refractivity contribution in [3.8, 4) is 5.75 Å². The van der Waals surface area contributed by atoms with Crippen molar-refractivity contribution in [3.63, 3.8) is 0 Å². The van der Waals surface area contributed by atoms with Gasteiger partial charge < -0.3 is 18.9 Å². The number of hydrogen-bond acceptors (Lipinski definition) is 7.